The Kier molecular flexibility index (Phi) is 4.29. The van der Waals surface area contributed by atoms with E-state index in [-0.39, 0.29) is 5.69 Å². The Morgan fingerprint density at radius 2 is 1.90 bits per heavy atom. The summed E-state index contributed by atoms with van der Waals surface area (Å²) in [5, 5.41) is 9.50. The molecule has 2 aromatic rings. The highest BCUT2D eigenvalue weighted by atomic mass is 32.2. The fraction of sp³-hybridized carbons (Fsp3) is 0.200. The average Bonchev–Trinajstić information content (AvgIpc) is 2.36. The molecule has 0 aliphatic rings. The van der Waals surface area contributed by atoms with Gasteiger partial charge < -0.3 is 10.8 Å². The van der Waals surface area contributed by atoms with Crippen LogP contribution >= 0.6 is 11.8 Å². The first-order valence-electron chi connectivity index (χ1n) is 6.15. The van der Waals surface area contributed by atoms with Crippen molar-refractivity contribution in [3.63, 3.8) is 0 Å². The van der Waals surface area contributed by atoms with Crippen molar-refractivity contribution in [2.24, 2.45) is 0 Å². The topological polar surface area (TPSA) is 76.2 Å². The van der Waals surface area contributed by atoms with Crippen LogP contribution in [0, 0.1) is 13.8 Å². The molecule has 0 fully saturated rings. The van der Waals surface area contributed by atoms with Crippen molar-refractivity contribution in [1.29, 1.82) is 0 Å². The number of carboxylic acid groups (broad SMARTS) is 1. The Labute approximate surface area is 122 Å². The minimum Gasteiger partial charge on any atom is -0.477 e. The Morgan fingerprint density at radius 3 is 2.50 bits per heavy atom. The van der Waals surface area contributed by atoms with E-state index in [2.05, 4.69) is 37.0 Å². The molecule has 0 aliphatic carbocycles. The van der Waals surface area contributed by atoms with Crippen molar-refractivity contribution in [1.82, 2.24) is 4.98 Å². The van der Waals surface area contributed by atoms with E-state index in [1.54, 1.807) is 6.07 Å². The van der Waals surface area contributed by atoms with Crippen molar-refractivity contribution < 1.29 is 9.90 Å². The zero-order valence-corrected chi connectivity index (χ0v) is 12.2. The standard InChI is InChI=1S/C15H16N2O2S/c1-9-5-10(2)7-11(6-9)8-20-14-12(16)3-4-13(17-14)15(18)19/h3-7H,8,16H2,1-2H3,(H,18,19). The molecule has 5 heteroatoms. The predicted octanol–water partition coefficient (Wildman–Crippen LogP) is 3.27. The highest BCUT2D eigenvalue weighted by Gasteiger charge is 2.09. The molecule has 0 amide bonds. The van der Waals surface area contributed by atoms with Crippen molar-refractivity contribution >= 4 is 23.4 Å². The van der Waals surface area contributed by atoms with Gasteiger partial charge in [-0.25, -0.2) is 9.78 Å². The first-order valence-corrected chi connectivity index (χ1v) is 7.14. The molecule has 0 saturated carbocycles. The first kappa shape index (κ1) is 14.4. The summed E-state index contributed by atoms with van der Waals surface area (Å²) in [6, 6.07) is 9.33. The Bertz CT molecular complexity index is 636. The minimum atomic E-state index is -1.04. The summed E-state index contributed by atoms with van der Waals surface area (Å²) in [6.07, 6.45) is 0. The van der Waals surface area contributed by atoms with Crippen molar-refractivity contribution in [2.45, 2.75) is 24.6 Å². The number of carbonyl (C=O) groups is 1. The van der Waals surface area contributed by atoms with Gasteiger partial charge in [-0.3, -0.25) is 0 Å². The largest absolute Gasteiger partial charge is 0.477 e. The number of pyridine rings is 1. The van der Waals surface area contributed by atoms with Gasteiger partial charge in [0.05, 0.1) is 5.69 Å². The van der Waals surface area contributed by atoms with E-state index in [1.807, 2.05) is 0 Å². The summed E-state index contributed by atoms with van der Waals surface area (Å²) in [6.45, 7) is 4.11. The number of nitrogens with two attached hydrogens (primary N) is 1. The SMILES string of the molecule is Cc1cc(C)cc(CSc2nc(C(=O)O)ccc2N)c1. The molecule has 20 heavy (non-hydrogen) atoms. The van der Waals surface area contributed by atoms with Crippen LogP contribution in [0.4, 0.5) is 5.69 Å². The molecule has 0 spiro atoms. The Morgan fingerprint density at radius 1 is 1.25 bits per heavy atom. The van der Waals surface area contributed by atoms with Crippen LogP contribution in [0.15, 0.2) is 35.4 Å². The molecule has 2 rings (SSSR count). The third kappa shape index (κ3) is 3.51. The van der Waals surface area contributed by atoms with Gasteiger partial charge in [0.2, 0.25) is 0 Å². The summed E-state index contributed by atoms with van der Waals surface area (Å²) in [4.78, 5) is 15.0. The third-order valence-electron chi connectivity index (χ3n) is 2.77. The summed E-state index contributed by atoms with van der Waals surface area (Å²) in [7, 11) is 0. The number of hydrogen-bond acceptors (Lipinski definition) is 4. The van der Waals surface area contributed by atoms with Crippen LogP contribution in [-0.4, -0.2) is 16.1 Å². The smallest absolute Gasteiger partial charge is 0.354 e. The second-order valence-electron chi connectivity index (χ2n) is 4.68. The lowest BCUT2D eigenvalue weighted by Gasteiger charge is -2.07. The van der Waals surface area contributed by atoms with Gasteiger partial charge in [0, 0.05) is 5.75 Å². The fourth-order valence-electron chi connectivity index (χ4n) is 1.99. The number of aromatic carboxylic acids is 1. The molecule has 104 valence electrons. The van der Waals surface area contributed by atoms with E-state index in [1.165, 1.54) is 34.5 Å². The molecule has 1 aromatic heterocycles. The maximum atomic E-state index is 10.9. The van der Waals surface area contributed by atoms with Crippen LogP contribution in [0.3, 0.4) is 0 Å². The van der Waals surface area contributed by atoms with E-state index < -0.39 is 5.97 Å². The van der Waals surface area contributed by atoms with Crippen LogP contribution in [0.2, 0.25) is 0 Å². The number of thioether (sulfide) groups is 1. The minimum absolute atomic E-state index is 0.0159. The third-order valence-corrected chi connectivity index (χ3v) is 3.84. The maximum Gasteiger partial charge on any atom is 0.354 e. The number of hydrogen-bond donors (Lipinski definition) is 2. The molecule has 0 unspecified atom stereocenters. The lowest BCUT2D eigenvalue weighted by atomic mass is 10.1. The number of aryl methyl sites for hydroxylation is 2. The van der Waals surface area contributed by atoms with Gasteiger partial charge in [-0.05, 0) is 31.5 Å². The summed E-state index contributed by atoms with van der Waals surface area (Å²) >= 11 is 1.45. The number of rotatable bonds is 4. The quantitative estimate of drug-likeness (QED) is 0.844. The van der Waals surface area contributed by atoms with Crippen LogP contribution in [-0.2, 0) is 5.75 Å². The van der Waals surface area contributed by atoms with Gasteiger partial charge >= 0.3 is 5.97 Å². The Hall–Kier alpha value is -2.01. The van der Waals surface area contributed by atoms with Gasteiger partial charge in [0.15, 0.2) is 0 Å². The molecule has 4 nitrogen and oxygen atoms in total. The molecule has 0 bridgehead atoms. The van der Waals surface area contributed by atoms with E-state index in [0.29, 0.717) is 16.5 Å². The number of anilines is 1. The lowest BCUT2D eigenvalue weighted by Crippen LogP contribution is -2.03. The van der Waals surface area contributed by atoms with Crippen molar-refractivity contribution in [2.75, 3.05) is 5.73 Å². The summed E-state index contributed by atoms with van der Waals surface area (Å²) in [5.41, 5.74) is 9.95. The second-order valence-corrected chi connectivity index (χ2v) is 5.64. The number of nitrogen functional groups attached to an aromatic ring is 1. The summed E-state index contributed by atoms with van der Waals surface area (Å²) < 4.78 is 0. The number of benzene rings is 1. The highest BCUT2D eigenvalue weighted by Crippen LogP contribution is 2.27. The molecule has 0 radical (unpaired) electrons. The van der Waals surface area contributed by atoms with Gasteiger partial charge in [0.1, 0.15) is 10.7 Å². The number of carboxylic acids is 1. The van der Waals surface area contributed by atoms with Crippen molar-refractivity contribution in [3.8, 4) is 0 Å². The van der Waals surface area contributed by atoms with Crippen molar-refractivity contribution in [3.05, 3.63) is 52.7 Å². The monoisotopic (exact) mass is 288 g/mol. The number of aromatic nitrogens is 1. The van der Waals surface area contributed by atoms with Crippen LogP contribution in [0.1, 0.15) is 27.2 Å². The van der Waals surface area contributed by atoms with Gasteiger partial charge in [-0.1, -0.05) is 41.1 Å². The van der Waals surface area contributed by atoms with Crippen LogP contribution in [0.25, 0.3) is 0 Å². The highest BCUT2D eigenvalue weighted by molar-refractivity contribution is 7.98. The average molecular weight is 288 g/mol. The van der Waals surface area contributed by atoms with Gasteiger partial charge in [-0.15, -0.1) is 0 Å². The molecule has 0 atom stereocenters. The fourth-order valence-corrected chi connectivity index (χ4v) is 2.86. The molecule has 0 saturated heterocycles. The predicted molar refractivity (Wildman–Crippen MR) is 81.1 cm³/mol. The zero-order valence-electron chi connectivity index (χ0n) is 11.4. The van der Waals surface area contributed by atoms with E-state index in [9.17, 15) is 4.79 Å². The number of nitrogens with zero attached hydrogens (tertiary/aromatic N) is 1. The summed E-state index contributed by atoms with van der Waals surface area (Å²) in [5.74, 6) is -0.332. The maximum absolute atomic E-state index is 10.9. The van der Waals surface area contributed by atoms with Crippen LogP contribution < -0.4 is 5.73 Å². The van der Waals surface area contributed by atoms with E-state index in [0.717, 1.165) is 0 Å². The molecule has 1 aromatic carbocycles. The van der Waals surface area contributed by atoms with Gasteiger partial charge in [-0.2, -0.15) is 0 Å². The van der Waals surface area contributed by atoms with Gasteiger partial charge in [0.25, 0.3) is 0 Å². The molecular formula is C15H16N2O2S. The molecule has 3 N–H and O–H groups in total. The first-order chi connectivity index (χ1) is 9.45. The molecule has 1 heterocycles. The Balaban J connectivity index is 2.18. The second kappa shape index (κ2) is 5.96. The van der Waals surface area contributed by atoms with E-state index >= 15 is 0 Å². The zero-order chi connectivity index (χ0) is 14.7. The molecular weight excluding hydrogens is 272 g/mol. The normalized spacial score (nSPS) is 10.5. The van der Waals surface area contributed by atoms with Crippen LogP contribution in [0.5, 0.6) is 0 Å². The van der Waals surface area contributed by atoms with E-state index in [4.69, 9.17) is 10.8 Å². The molecule has 0 aliphatic heterocycles. The lowest BCUT2D eigenvalue weighted by molar-refractivity contribution is 0.0690.